The Kier molecular flexibility index (Phi) is 5.71. The molecular formula is C18H18FN3O3. The van der Waals surface area contributed by atoms with Gasteiger partial charge in [-0.2, -0.15) is 0 Å². The van der Waals surface area contributed by atoms with Gasteiger partial charge in [-0.05, 0) is 36.4 Å². The standard InChI is InChI=1S/C18H18FN3O3/c19-14-8-6-13(7-9-14)18-22-21-17(25-18)11-20-10-15(23)12-24-16-4-2-1-3-5-16/h1-9,15,20,23H,10-12H2/t15-/m1/s1. The third-order valence-electron chi connectivity index (χ3n) is 3.40. The molecule has 3 rings (SSSR count). The highest BCUT2D eigenvalue weighted by Gasteiger charge is 2.10. The molecule has 1 aromatic heterocycles. The van der Waals surface area contributed by atoms with E-state index in [0.717, 1.165) is 0 Å². The molecule has 2 N–H and O–H groups in total. The summed E-state index contributed by atoms with van der Waals surface area (Å²) in [6.07, 6.45) is -0.667. The first kappa shape index (κ1) is 17.1. The van der Waals surface area contributed by atoms with Crippen LogP contribution in [0.15, 0.2) is 59.0 Å². The van der Waals surface area contributed by atoms with E-state index in [0.29, 0.717) is 36.2 Å². The summed E-state index contributed by atoms with van der Waals surface area (Å²) in [5.41, 5.74) is 0.649. The molecule has 0 fully saturated rings. The second-order valence-corrected chi connectivity index (χ2v) is 5.42. The minimum absolute atomic E-state index is 0.182. The molecule has 1 atom stereocenters. The predicted octanol–water partition coefficient (Wildman–Crippen LogP) is 2.41. The smallest absolute Gasteiger partial charge is 0.247 e. The van der Waals surface area contributed by atoms with Gasteiger partial charge >= 0.3 is 0 Å². The Morgan fingerprint density at radius 3 is 2.60 bits per heavy atom. The molecule has 0 unspecified atom stereocenters. The normalized spacial score (nSPS) is 12.1. The highest BCUT2D eigenvalue weighted by molar-refractivity contribution is 5.51. The summed E-state index contributed by atoms with van der Waals surface area (Å²) < 4.78 is 23.9. The van der Waals surface area contributed by atoms with E-state index in [2.05, 4.69) is 15.5 Å². The molecule has 3 aromatic rings. The molecule has 1 heterocycles. The average Bonchev–Trinajstić information content (AvgIpc) is 3.10. The number of aromatic nitrogens is 2. The summed E-state index contributed by atoms with van der Waals surface area (Å²) >= 11 is 0. The van der Waals surface area contributed by atoms with Gasteiger partial charge in [0, 0.05) is 12.1 Å². The van der Waals surface area contributed by atoms with Crippen molar-refractivity contribution in [1.82, 2.24) is 15.5 Å². The van der Waals surface area contributed by atoms with E-state index >= 15 is 0 Å². The van der Waals surface area contributed by atoms with E-state index in [-0.39, 0.29) is 12.4 Å². The van der Waals surface area contributed by atoms with Gasteiger partial charge < -0.3 is 19.6 Å². The van der Waals surface area contributed by atoms with Crippen molar-refractivity contribution in [3.05, 3.63) is 66.3 Å². The lowest BCUT2D eigenvalue weighted by atomic mass is 10.2. The molecule has 6 nitrogen and oxygen atoms in total. The van der Waals surface area contributed by atoms with Crippen LogP contribution in [0.25, 0.3) is 11.5 Å². The molecule has 0 aliphatic rings. The zero-order valence-corrected chi connectivity index (χ0v) is 13.4. The molecule has 0 saturated heterocycles. The zero-order valence-electron chi connectivity index (χ0n) is 13.4. The van der Waals surface area contributed by atoms with Crippen LogP contribution in [0.2, 0.25) is 0 Å². The van der Waals surface area contributed by atoms with E-state index in [1.807, 2.05) is 30.3 Å². The van der Waals surface area contributed by atoms with Crippen LogP contribution >= 0.6 is 0 Å². The predicted molar refractivity (Wildman–Crippen MR) is 89.3 cm³/mol. The molecule has 0 bridgehead atoms. The highest BCUT2D eigenvalue weighted by atomic mass is 19.1. The fourth-order valence-corrected chi connectivity index (χ4v) is 2.15. The number of rotatable bonds is 8. The Bertz CT molecular complexity index is 778. The van der Waals surface area contributed by atoms with Crippen LogP contribution in [0.5, 0.6) is 5.75 Å². The van der Waals surface area contributed by atoms with Crippen molar-refractivity contribution in [3.63, 3.8) is 0 Å². The largest absolute Gasteiger partial charge is 0.491 e. The lowest BCUT2D eigenvalue weighted by Gasteiger charge is -2.12. The molecule has 0 saturated carbocycles. The highest BCUT2D eigenvalue weighted by Crippen LogP contribution is 2.17. The van der Waals surface area contributed by atoms with Crippen LogP contribution in [0.3, 0.4) is 0 Å². The van der Waals surface area contributed by atoms with Gasteiger partial charge in [0.05, 0.1) is 6.54 Å². The number of halogens is 1. The van der Waals surface area contributed by atoms with E-state index in [4.69, 9.17) is 9.15 Å². The van der Waals surface area contributed by atoms with Crippen molar-refractivity contribution in [3.8, 4) is 17.2 Å². The first-order chi connectivity index (χ1) is 12.2. The summed E-state index contributed by atoms with van der Waals surface area (Å²) in [4.78, 5) is 0. The molecule has 25 heavy (non-hydrogen) atoms. The van der Waals surface area contributed by atoms with Crippen LogP contribution in [0.1, 0.15) is 5.89 Å². The molecule has 2 aromatic carbocycles. The quantitative estimate of drug-likeness (QED) is 0.654. The topological polar surface area (TPSA) is 80.4 Å². The molecule has 7 heteroatoms. The summed E-state index contributed by atoms with van der Waals surface area (Å²) in [5, 5.41) is 20.8. The van der Waals surface area contributed by atoms with Crippen LogP contribution in [-0.4, -0.2) is 34.6 Å². The van der Waals surface area contributed by atoms with Gasteiger partial charge in [0.25, 0.3) is 0 Å². The van der Waals surface area contributed by atoms with Gasteiger partial charge in [0.2, 0.25) is 11.8 Å². The van der Waals surface area contributed by atoms with Crippen molar-refractivity contribution >= 4 is 0 Å². The van der Waals surface area contributed by atoms with Crippen molar-refractivity contribution < 1.29 is 18.7 Å². The van der Waals surface area contributed by atoms with Crippen LogP contribution in [0, 0.1) is 5.82 Å². The Morgan fingerprint density at radius 2 is 1.84 bits per heavy atom. The Morgan fingerprint density at radius 1 is 1.08 bits per heavy atom. The van der Waals surface area contributed by atoms with Crippen molar-refractivity contribution in [1.29, 1.82) is 0 Å². The van der Waals surface area contributed by atoms with E-state index < -0.39 is 6.10 Å². The fourth-order valence-electron chi connectivity index (χ4n) is 2.15. The maximum absolute atomic E-state index is 12.9. The third-order valence-corrected chi connectivity index (χ3v) is 3.40. The number of para-hydroxylation sites is 1. The van der Waals surface area contributed by atoms with Gasteiger partial charge in [-0.25, -0.2) is 4.39 Å². The number of aliphatic hydroxyl groups excluding tert-OH is 1. The van der Waals surface area contributed by atoms with Crippen LogP contribution in [0.4, 0.5) is 4.39 Å². The van der Waals surface area contributed by atoms with E-state index in [1.54, 1.807) is 12.1 Å². The number of aliphatic hydroxyl groups is 1. The summed E-state index contributed by atoms with van der Waals surface area (Å²) in [6.45, 7) is 0.819. The van der Waals surface area contributed by atoms with Crippen molar-refractivity contribution in [2.75, 3.05) is 13.2 Å². The molecular weight excluding hydrogens is 325 g/mol. The maximum Gasteiger partial charge on any atom is 0.247 e. The molecule has 0 aliphatic carbocycles. The Hall–Kier alpha value is -2.77. The van der Waals surface area contributed by atoms with Crippen LogP contribution < -0.4 is 10.1 Å². The van der Waals surface area contributed by atoms with Crippen molar-refractivity contribution in [2.24, 2.45) is 0 Å². The van der Waals surface area contributed by atoms with Crippen molar-refractivity contribution in [2.45, 2.75) is 12.6 Å². The fraction of sp³-hybridized carbons (Fsp3) is 0.222. The molecule has 0 spiro atoms. The maximum atomic E-state index is 12.9. The van der Waals surface area contributed by atoms with Gasteiger partial charge in [0.1, 0.15) is 24.3 Å². The molecule has 130 valence electrons. The number of benzene rings is 2. The van der Waals surface area contributed by atoms with E-state index in [1.165, 1.54) is 12.1 Å². The summed E-state index contributed by atoms with van der Waals surface area (Å²) in [7, 11) is 0. The Labute approximate surface area is 144 Å². The van der Waals surface area contributed by atoms with Gasteiger partial charge in [-0.3, -0.25) is 0 Å². The minimum atomic E-state index is -0.667. The van der Waals surface area contributed by atoms with Crippen LogP contribution in [-0.2, 0) is 6.54 Å². The lowest BCUT2D eigenvalue weighted by Crippen LogP contribution is -2.31. The molecule has 0 amide bonds. The number of nitrogens with zero attached hydrogens (tertiary/aromatic N) is 2. The number of hydrogen-bond acceptors (Lipinski definition) is 6. The van der Waals surface area contributed by atoms with E-state index in [9.17, 15) is 9.50 Å². The van der Waals surface area contributed by atoms with Gasteiger partial charge in [0.15, 0.2) is 0 Å². The monoisotopic (exact) mass is 343 g/mol. The zero-order chi connectivity index (χ0) is 17.5. The summed E-state index contributed by atoms with van der Waals surface area (Å²) in [5.74, 6) is 1.10. The first-order valence-electron chi connectivity index (χ1n) is 7.85. The average molecular weight is 343 g/mol. The lowest BCUT2D eigenvalue weighted by molar-refractivity contribution is 0.105. The number of nitrogens with one attached hydrogen (secondary N) is 1. The number of ether oxygens (including phenoxy) is 1. The molecule has 0 radical (unpaired) electrons. The molecule has 0 aliphatic heterocycles. The summed E-state index contributed by atoms with van der Waals surface area (Å²) in [6, 6.07) is 15.1. The number of hydrogen-bond donors (Lipinski definition) is 2. The van der Waals surface area contributed by atoms with Gasteiger partial charge in [-0.15, -0.1) is 10.2 Å². The minimum Gasteiger partial charge on any atom is -0.491 e. The second kappa shape index (κ2) is 8.36. The second-order valence-electron chi connectivity index (χ2n) is 5.42. The third kappa shape index (κ3) is 5.10. The van der Waals surface area contributed by atoms with Gasteiger partial charge in [-0.1, -0.05) is 18.2 Å². The first-order valence-corrected chi connectivity index (χ1v) is 7.85. The SMILES string of the molecule is O[C@H](CNCc1nnc(-c2ccc(F)cc2)o1)COc1ccccc1. The Balaban J connectivity index is 1.42.